The third-order valence-corrected chi connectivity index (χ3v) is 4.31. The molecule has 2 aromatic rings. The van der Waals surface area contributed by atoms with Crippen molar-refractivity contribution < 1.29 is 27.7 Å². The summed E-state index contributed by atoms with van der Waals surface area (Å²) in [5.74, 6) is -0.965. The lowest BCUT2D eigenvalue weighted by Gasteiger charge is -2.18. The molecule has 0 aromatic heterocycles. The molecule has 0 radical (unpaired) electrons. The second kappa shape index (κ2) is 9.57. The molecule has 0 bridgehead atoms. The van der Waals surface area contributed by atoms with Gasteiger partial charge in [0.2, 0.25) is 0 Å². The topological polar surface area (TPSA) is 62.6 Å². The molecule has 9 heteroatoms. The Kier molecular flexibility index (Phi) is 7.42. The second-order valence-electron chi connectivity index (χ2n) is 6.08. The van der Waals surface area contributed by atoms with E-state index in [-0.39, 0.29) is 24.7 Å². The lowest BCUT2D eigenvalue weighted by molar-refractivity contribution is -0.881. The van der Waals surface area contributed by atoms with Gasteiger partial charge >= 0.3 is 6.18 Å². The summed E-state index contributed by atoms with van der Waals surface area (Å²) in [6.07, 6.45) is -4.57. The Hall–Kier alpha value is -2.58. The number of hydrogen-bond donors (Lipinski definition) is 3. The van der Waals surface area contributed by atoms with Gasteiger partial charge in [0, 0.05) is 0 Å². The zero-order valence-corrected chi connectivity index (χ0v) is 15.8. The fourth-order valence-electron chi connectivity index (χ4n) is 2.56. The number of hydrogen-bond acceptors (Lipinski definition) is 2. The van der Waals surface area contributed by atoms with Gasteiger partial charge in [-0.15, -0.1) is 0 Å². The minimum absolute atomic E-state index is 0.0317. The molecule has 0 heterocycles. The van der Waals surface area contributed by atoms with Gasteiger partial charge in [-0.25, -0.2) is 0 Å². The number of para-hydroxylation sites is 2. The maximum absolute atomic E-state index is 13.0. The van der Waals surface area contributed by atoms with Crippen LogP contribution in [0.1, 0.15) is 12.5 Å². The Morgan fingerprint density at radius 2 is 1.43 bits per heavy atom. The van der Waals surface area contributed by atoms with Gasteiger partial charge in [0.1, 0.15) is 0 Å². The van der Waals surface area contributed by atoms with Crippen molar-refractivity contribution in [2.24, 2.45) is 0 Å². The summed E-state index contributed by atoms with van der Waals surface area (Å²) in [7, 11) is 0. The zero-order chi connectivity index (χ0) is 20.7. The van der Waals surface area contributed by atoms with Crippen LogP contribution in [0.2, 0.25) is 5.02 Å². The first-order valence-electron chi connectivity index (χ1n) is 8.54. The minimum atomic E-state index is -4.57. The van der Waals surface area contributed by atoms with Crippen molar-refractivity contribution >= 4 is 34.8 Å². The van der Waals surface area contributed by atoms with Crippen LogP contribution < -0.4 is 15.5 Å². The lowest BCUT2D eigenvalue weighted by Crippen LogP contribution is -3.13. The molecule has 0 fully saturated rings. The third-order valence-electron chi connectivity index (χ3n) is 3.98. The predicted molar refractivity (Wildman–Crippen MR) is 101 cm³/mol. The minimum Gasteiger partial charge on any atom is -0.321 e. The average molecular weight is 415 g/mol. The van der Waals surface area contributed by atoms with Gasteiger partial charge in [0.05, 0.1) is 28.5 Å². The maximum Gasteiger partial charge on any atom is 0.418 e. The Balaban J connectivity index is 1.97. The number of halogens is 4. The van der Waals surface area contributed by atoms with E-state index < -0.39 is 17.6 Å². The molecule has 0 spiro atoms. The van der Waals surface area contributed by atoms with Crippen molar-refractivity contribution in [3.05, 3.63) is 59.1 Å². The SMILES string of the molecule is CC[NH+](CC(=O)Nc1ccccc1Cl)CC(=O)Nc1ccccc1C(F)(F)F. The summed E-state index contributed by atoms with van der Waals surface area (Å²) in [4.78, 5) is 25.0. The van der Waals surface area contributed by atoms with Crippen LogP contribution in [-0.2, 0) is 15.8 Å². The number of nitrogens with one attached hydrogen (secondary N) is 3. The van der Waals surface area contributed by atoms with Gasteiger partial charge in [-0.1, -0.05) is 35.9 Å². The standard InChI is InChI=1S/C19H19ClF3N3O2/c1-2-26(12-18(28)25-16-10-6-4-8-14(16)20)11-17(27)24-15-9-5-3-7-13(15)19(21,22)23/h3-10H,2,11-12H2,1H3,(H,24,27)(H,25,28)/p+1. The largest absolute Gasteiger partial charge is 0.418 e. The third kappa shape index (κ3) is 6.24. The number of rotatable bonds is 7. The van der Waals surface area contributed by atoms with Crippen LogP contribution in [0.15, 0.2) is 48.5 Å². The quantitative estimate of drug-likeness (QED) is 0.652. The number of anilines is 2. The highest BCUT2D eigenvalue weighted by atomic mass is 35.5. The summed E-state index contributed by atoms with van der Waals surface area (Å²) >= 11 is 5.99. The Bertz CT molecular complexity index is 843. The highest BCUT2D eigenvalue weighted by Crippen LogP contribution is 2.34. The Labute approximate surface area is 165 Å². The van der Waals surface area contributed by atoms with Gasteiger partial charge in [-0.05, 0) is 31.2 Å². The first-order valence-corrected chi connectivity index (χ1v) is 8.92. The summed E-state index contributed by atoms with van der Waals surface area (Å²) in [5, 5.41) is 5.32. The van der Waals surface area contributed by atoms with E-state index in [0.717, 1.165) is 6.07 Å². The van der Waals surface area contributed by atoms with Crippen LogP contribution in [0.5, 0.6) is 0 Å². The predicted octanol–water partition coefficient (Wildman–Crippen LogP) is 2.84. The van der Waals surface area contributed by atoms with Crippen LogP contribution in [0, 0.1) is 0 Å². The highest BCUT2D eigenvalue weighted by molar-refractivity contribution is 6.33. The van der Waals surface area contributed by atoms with Crippen molar-refractivity contribution in [2.45, 2.75) is 13.1 Å². The van der Waals surface area contributed by atoms with E-state index in [2.05, 4.69) is 10.6 Å². The molecule has 0 aliphatic rings. The van der Waals surface area contributed by atoms with E-state index in [0.29, 0.717) is 22.2 Å². The summed E-state index contributed by atoms with van der Waals surface area (Å²) in [6, 6.07) is 11.5. The molecule has 0 aliphatic carbocycles. The first-order chi connectivity index (χ1) is 13.2. The molecule has 1 atom stereocenters. The van der Waals surface area contributed by atoms with Gasteiger partial charge in [0.25, 0.3) is 11.8 Å². The molecule has 5 nitrogen and oxygen atoms in total. The van der Waals surface area contributed by atoms with Crippen molar-refractivity contribution in [3.63, 3.8) is 0 Å². The van der Waals surface area contributed by atoms with Crippen molar-refractivity contribution in [3.8, 4) is 0 Å². The Morgan fingerprint density at radius 3 is 1.96 bits per heavy atom. The second-order valence-corrected chi connectivity index (χ2v) is 6.48. The monoisotopic (exact) mass is 414 g/mol. The number of amides is 2. The molecule has 1 unspecified atom stereocenters. The average Bonchev–Trinajstić information content (AvgIpc) is 2.62. The molecule has 0 saturated heterocycles. The number of carbonyl (C=O) groups excluding carboxylic acids is 2. The number of carbonyl (C=O) groups is 2. The van der Waals surface area contributed by atoms with Gasteiger partial charge in [-0.3, -0.25) is 9.59 Å². The molecule has 28 heavy (non-hydrogen) atoms. The number of likely N-dealkylation sites (N-methyl/N-ethyl adjacent to an activating group) is 1. The molecule has 0 saturated carbocycles. The number of quaternary nitrogens is 1. The summed E-state index contributed by atoms with van der Waals surface area (Å²) in [5.41, 5.74) is -0.776. The van der Waals surface area contributed by atoms with Crippen molar-refractivity contribution in [1.29, 1.82) is 0 Å². The summed E-state index contributed by atoms with van der Waals surface area (Å²) < 4.78 is 39.1. The molecule has 2 aromatic carbocycles. The lowest BCUT2D eigenvalue weighted by atomic mass is 10.1. The number of alkyl halides is 3. The van der Waals surface area contributed by atoms with Crippen LogP contribution in [0.25, 0.3) is 0 Å². The van der Waals surface area contributed by atoms with Crippen LogP contribution in [0.4, 0.5) is 24.5 Å². The fourth-order valence-corrected chi connectivity index (χ4v) is 2.74. The van der Waals surface area contributed by atoms with Crippen LogP contribution >= 0.6 is 11.6 Å². The van der Waals surface area contributed by atoms with E-state index in [9.17, 15) is 22.8 Å². The summed E-state index contributed by atoms with van der Waals surface area (Å²) in [6.45, 7) is 2.02. The van der Waals surface area contributed by atoms with Gasteiger partial charge < -0.3 is 15.5 Å². The molecule has 0 aliphatic heterocycles. The van der Waals surface area contributed by atoms with Crippen molar-refractivity contribution in [2.75, 3.05) is 30.3 Å². The highest BCUT2D eigenvalue weighted by Gasteiger charge is 2.33. The smallest absolute Gasteiger partial charge is 0.321 e. The van der Waals surface area contributed by atoms with Crippen LogP contribution in [0.3, 0.4) is 0 Å². The maximum atomic E-state index is 13.0. The molecule has 150 valence electrons. The van der Waals surface area contributed by atoms with Crippen LogP contribution in [-0.4, -0.2) is 31.4 Å². The van der Waals surface area contributed by atoms with Crippen molar-refractivity contribution in [1.82, 2.24) is 0 Å². The van der Waals surface area contributed by atoms with E-state index in [1.54, 1.807) is 31.2 Å². The van der Waals surface area contributed by atoms with E-state index in [4.69, 9.17) is 11.6 Å². The van der Waals surface area contributed by atoms with Gasteiger partial charge in [-0.2, -0.15) is 13.2 Å². The van der Waals surface area contributed by atoms with E-state index in [1.165, 1.54) is 18.2 Å². The molecule has 3 N–H and O–H groups in total. The van der Waals surface area contributed by atoms with Gasteiger partial charge in [0.15, 0.2) is 13.1 Å². The number of benzene rings is 2. The zero-order valence-electron chi connectivity index (χ0n) is 15.1. The molecular formula is C19H20ClF3N3O2+. The van der Waals surface area contributed by atoms with E-state index in [1.807, 2.05) is 0 Å². The molecular weight excluding hydrogens is 395 g/mol. The fraction of sp³-hybridized carbons (Fsp3) is 0.263. The Morgan fingerprint density at radius 1 is 0.929 bits per heavy atom. The first kappa shape index (κ1) is 21.7. The van der Waals surface area contributed by atoms with E-state index >= 15 is 0 Å². The molecule has 2 amide bonds. The normalized spacial score (nSPS) is 12.3. The molecule has 2 rings (SSSR count).